The third-order valence-electron chi connectivity index (χ3n) is 5.90. The summed E-state index contributed by atoms with van der Waals surface area (Å²) in [4.78, 5) is 17.3. The van der Waals surface area contributed by atoms with E-state index in [1.807, 2.05) is 19.1 Å². The molecular weight excluding hydrogens is 326 g/mol. The van der Waals surface area contributed by atoms with Gasteiger partial charge in [-0.3, -0.25) is 9.69 Å². The highest BCUT2D eigenvalue weighted by molar-refractivity contribution is 5.79. The number of ether oxygens (including phenoxy) is 1. The van der Waals surface area contributed by atoms with Crippen molar-refractivity contribution in [3.8, 4) is 5.75 Å². The molecule has 2 fully saturated rings. The fourth-order valence-electron chi connectivity index (χ4n) is 4.27. The Morgan fingerprint density at radius 3 is 2.62 bits per heavy atom. The van der Waals surface area contributed by atoms with Gasteiger partial charge in [0.15, 0.2) is 0 Å². The lowest BCUT2D eigenvalue weighted by Gasteiger charge is -2.42. The van der Waals surface area contributed by atoms with Crippen molar-refractivity contribution < 1.29 is 9.53 Å². The van der Waals surface area contributed by atoms with E-state index in [9.17, 15) is 4.79 Å². The van der Waals surface area contributed by atoms with E-state index < -0.39 is 0 Å². The van der Waals surface area contributed by atoms with E-state index in [2.05, 4.69) is 35.8 Å². The molecule has 2 heterocycles. The molecule has 2 aliphatic heterocycles. The summed E-state index contributed by atoms with van der Waals surface area (Å²) >= 11 is 0. The van der Waals surface area contributed by atoms with Crippen LogP contribution in [0.4, 0.5) is 0 Å². The highest BCUT2D eigenvalue weighted by atomic mass is 16.5. The molecule has 1 aromatic carbocycles. The van der Waals surface area contributed by atoms with E-state index in [-0.39, 0.29) is 23.4 Å². The summed E-state index contributed by atoms with van der Waals surface area (Å²) in [5.74, 6) is 1.13. The number of hydrogen-bond acceptors (Lipinski definition) is 4. The van der Waals surface area contributed by atoms with Crippen LogP contribution in [0.25, 0.3) is 0 Å². The average Bonchev–Trinajstić information content (AvgIpc) is 3.09. The molecule has 2 N–H and O–H groups in total. The van der Waals surface area contributed by atoms with Gasteiger partial charge in [-0.15, -0.1) is 0 Å². The molecule has 26 heavy (non-hydrogen) atoms. The Morgan fingerprint density at radius 1 is 1.23 bits per heavy atom. The summed E-state index contributed by atoms with van der Waals surface area (Å²) in [7, 11) is 0. The zero-order chi connectivity index (χ0) is 18.7. The molecular formula is C21H33N3O2. The summed E-state index contributed by atoms with van der Waals surface area (Å²) in [6, 6.07) is 8.63. The minimum Gasteiger partial charge on any atom is -0.494 e. The van der Waals surface area contributed by atoms with Gasteiger partial charge in [0, 0.05) is 25.7 Å². The number of carbonyl (C=O) groups excluding carboxylic acids is 1. The van der Waals surface area contributed by atoms with E-state index in [0.717, 1.165) is 44.6 Å². The molecule has 2 saturated heterocycles. The number of amides is 1. The van der Waals surface area contributed by atoms with Gasteiger partial charge in [-0.2, -0.15) is 0 Å². The van der Waals surface area contributed by atoms with Gasteiger partial charge < -0.3 is 15.4 Å². The number of benzene rings is 1. The lowest BCUT2D eigenvalue weighted by molar-refractivity contribution is -0.134. The Hall–Kier alpha value is -1.59. The number of nitrogens with zero attached hydrogens (tertiary/aromatic N) is 2. The number of nitrogens with two attached hydrogens (primary N) is 1. The van der Waals surface area contributed by atoms with Crippen molar-refractivity contribution >= 4 is 5.91 Å². The molecule has 0 saturated carbocycles. The van der Waals surface area contributed by atoms with Crippen LogP contribution in [0.2, 0.25) is 0 Å². The average molecular weight is 360 g/mol. The van der Waals surface area contributed by atoms with Crippen LogP contribution in [0.5, 0.6) is 5.75 Å². The second kappa shape index (κ2) is 7.97. The zero-order valence-corrected chi connectivity index (χ0v) is 16.4. The Bertz CT molecular complexity index is 614. The summed E-state index contributed by atoms with van der Waals surface area (Å²) in [5, 5.41) is 0. The topological polar surface area (TPSA) is 58.8 Å². The summed E-state index contributed by atoms with van der Waals surface area (Å²) in [5.41, 5.74) is 7.50. The lowest BCUT2D eigenvalue weighted by atomic mass is 9.80. The van der Waals surface area contributed by atoms with Crippen molar-refractivity contribution in [2.45, 2.75) is 52.1 Å². The maximum Gasteiger partial charge on any atom is 0.237 e. The van der Waals surface area contributed by atoms with Crippen molar-refractivity contribution in [2.24, 2.45) is 11.1 Å². The van der Waals surface area contributed by atoms with Crippen molar-refractivity contribution in [3.05, 3.63) is 29.8 Å². The molecule has 0 radical (unpaired) electrons. The predicted octanol–water partition coefficient (Wildman–Crippen LogP) is 2.81. The van der Waals surface area contributed by atoms with Gasteiger partial charge in [-0.25, -0.2) is 0 Å². The Labute approximate surface area is 157 Å². The third kappa shape index (κ3) is 4.21. The van der Waals surface area contributed by atoms with Crippen molar-refractivity contribution in [2.75, 3.05) is 32.8 Å². The number of piperidine rings is 1. The van der Waals surface area contributed by atoms with Crippen LogP contribution in [0.1, 0.15) is 51.6 Å². The molecule has 0 aromatic heterocycles. The smallest absolute Gasteiger partial charge is 0.237 e. The molecule has 144 valence electrons. The SMILES string of the molecule is CCOc1ccc(C2CCCN2C(=O)CN2CCC(N)C(C)(C)C2)cc1. The summed E-state index contributed by atoms with van der Waals surface area (Å²) < 4.78 is 5.53. The monoisotopic (exact) mass is 359 g/mol. The number of carbonyl (C=O) groups is 1. The molecule has 3 rings (SSSR count). The molecule has 0 bridgehead atoms. The van der Waals surface area contributed by atoms with Crippen LogP contribution < -0.4 is 10.5 Å². The van der Waals surface area contributed by atoms with Crippen LogP contribution in [0, 0.1) is 5.41 Å². The van der Waals surface area contributed by atoms with E-state index in [4.69, 9.17) is 10.5 Å². The second-order valence-electron chi connectivity index (χ2n) is 8.34. The number of rotatable bonds is 5. The molecule has 0 spiro atoms. The minimum absolute atomic E-state index is 0.0675. The van der Waals surface area contributed by atoms with Crippen molar-refractivity contribution in [3.63, 3.8) is 0 Å². The highest BCUT2D eigenvalue weighted by Gasteiger charge is 2.36. The predicted molar refractivity (Wildman–Crippen MR) is 104 cm³/mol. The quantitative estimate of drug-likeness (QED) is 0.878. The van der Waals surface area contributed by atoms with Crippen LogP contribution in [-0.2, 0) is 4.79 Å². The highest BCUT2D eigenvalue weighted by Crippen LogP contribution is 2.33. The number of likely N-dealkylation sites (tertiary alicyclic amines) is 2. The fourth-order valence-corrected chi connectivity index (χ4v) is 4.27. The molecule has 0 aliphatic carbocycles. The maximum absolute atomic E-state index is 13.0. The third-order valence-corrected chi connectivity index (χ3v) is 5.90. The first-order valence-corrected chi connectivity index (χ1v) is 9.91. The van der Waals surface area contributed by atoms with Crippen LogP contribution in [0.3, 0.4) is 0 Å². The van der Waals surface area contributed by atoms with Gasteiger partial charge in [0.25, 0.3) is 0 Å². The van der Waals surface area contributed by atoms with E-state index >= 15 is 0 Å². The Balaban J connectivity index is 1.63. The number of hydrogen-bond donors (Lipinski definition) is 1. The standard InChI is InChI=1S/C21H33N3O2/c1-4-26-17-9-7-16(8-10-17)18-6-5-12-24(18)20(25)14-23-13-11-19(22)21(2,3)15-23/h7-10,18-19H,4-6,11-15,22H2,1-3H3. The van der Waals surface area contributed by atoms with E-state index in [1.165, 1.54) is 5.56 Å². The molecule has 1 aromatic rings. The first kappa shape index (κ1) is 19.2. The van der Waals surface area contributed by atoms with Crippen molar-refractivity contribution in [1.82, 2.24) is 9.80 Å². The Kier molecular flexibility index (Phi) is 5.88. The van der Waals surface area contributed by atoms with Gasteiger partial charge in [-0.1, -0.05) is 26.0 Å². The van der Waals surface area contributed by atoms with Crippen LogP contribution in [-0.4, -0.2) is 54.5 Å². The zero-order valence-electron chi connectivity index (χ0n) is 16.4. The first-order valence-electron chi connectivity index (χ1n) is 9.91. The lowest BCUT2D eigenvalue weighted by Crippen LogP contribution is -2.54. The fraction of sp³-hybridized carbons (Fsp3) is 0.667. The normalized spacial score (nSPS) is 26.1. The molecule has 2 aliphatic rings. The van der Waals surface area contributed by atoms with E-state index in [0.29, 0.717) is 13.2 Å². The van der Waals surface area contributed by atoms with Gasteiger partial charge >= 0.3 is 0 Å². The first-order chi connectivity index (χ1) is 12.4. The van der Waals surface area contributed by atoms with Crippen molar-refractivity contribution in [1.29, 1.82) is 0 Å². The Morgan fingerprint density at radius 2 is 1.96 bits per heavy atom. The molecule has 1 amide bonds. The summed E-state index contributed by atoms with van der Waals surface area (Å²) in [6.07, 6.45) is 3.07. The maximum atomic E-state index is 13.0. The second-order valence-corrected chi connectivity index (χ2v) is 8.34. The summed E-state index contributed by atoms with van der Waals surface area (Å²) in [6.45, 7) is 10.2. The van der Waals surface area contributed by atoms with Gasteiger partial charge in [-0.05, 0) is 49.3 Å². The molecule has 5 heteroatoms. The molecule has 2 atom stereocenters. The van der Waals surface area contributed by atoms with Crippen LogP contribution in [0.15, 0.2) is 24.3 Å². The van der Waals surface area contributed by atoms with Gasteiger partial charge in [0.05, 0.1) is 19.2 Å². The van der Waals surface area contributed by atoms with E-state index in [1.54, 1.807) is 0 Å². The largest absolute Gasteiger partial charge is 0.494 e. The van der Waals surface area contributed by atoms with Gasteiger partial charge in [0.2, 0.25) is 5.91 Å². The minimum atomic E-state index is 0.0675. The molecule has 2 unspecified atom stereocenters. The van der Waals surface area contributed by atoms with Gasteiger partial charge in [0.1, 0.15) is 5.75 Å². The molecule has 5 nitrogen and oxygen atoms in total. The van der Waals surface area contributed by atoms with Crippen LogP contribution >= 0.6 is 0 Å².